The third-order valence-corrected chi connectivity index (χ3v) is 4.74. The van der Waals surface area contributed by atoms with Gasteiger partial charge in [-0.1, -0.05) is 0 Å². The molecule has 3 fully saturated rings. The van der Waals surface area contributed by atoms with Crippen molar-refractivity contribution in [3.05, 3.63) is 0 Å². The molecule has 3 rings (SSSR count). The monoisotopic (exact) mass is 224 g/mol. The lowest BCUT2D eigenvalue weighted by Crippen LogP contribution is -2.55. The Balaban J connectivity index is 1.61. The Morgan fingerprint density at radius 1 is 1.19 bits per heavy atom. The van der Waals surface area contributed by atoms with Crippen LogP contribution >= 0.6 is 0 Å². The van der Waals surface area contributed by atoms with Crippen molar-refractivity contribution < 1.29 is 4.74 Å². The minimum absolute atomic E-state index is 0.282. The zero-order valence-corrected chi connectivity index (χ0v) is 10.2. The Labute approximate surface area is 98.3 Å². The summed E-state index contributed by atoms with van der Waals surface area (Å²) in [6.07, 6.45) is 8.93. The van der Waals surface area contributed by atoms with Crippen molar-refractivity contribution in [3.63, 3.8) is 0 Å². The van der Waals surface area contributed by atoms with Gasteiger partial charge in [0.2, 0.25) is 0 Å². The van der Waals surface area contributed by atoms with E-state index in [0.29, 0.717) is 6.04 Å². The summed E-state index contributed by atoms with van der Waals surface area (Å²) in [7, 11) is 0. The van der Waals surface area contributed by atoms with Crippen molar-refractivity contribution >= 4 is 0 Å². The maximum atomic E-state index is 6.07. The SMILES string of the molecule is NC1CCCN(C2CCOC3(CCC3)C2)C1. The van der Waals surface area contributed by atoms with Gasteiger partial charge in [-0.3, -0.25) is 4.90 Å². The summed E-state index contributed by atoms with van der Waals surface area (Å²) in [5.74, 6) is 0. The van der Waals surface area contributed by atoms with E-state index < -0.39 is 0 Å². The second kappa shape index (κ2) is 4.28. The molecule has 2 aliphatic heterocycles. The fraction of sp³-hybridized carbons (Fsp3) is 1.00. The van der Waals surface area contributed by atoms with E-state index in [1.165, 1.54) is 51.5 Å². The average Bonchev–Trinajstić information content (AvgIpc) is 2.27. The Bertz CT molecular complexity index is 252. The number of nitrogens with zero attached hydrogens (tertiary/aromatic N) is 1. The first-order valence-electron chi connectivity index (χ1n) is 6.91. The molecule has 3 nitrogen and oxygen atoms in total. The highest BCUT2D eigenvalue weighted by atomic mass is 16.5. The molecule has 1 spiro atoms. The number of hydrogen-bond acceptors (Lipinski definition) is 3. The van der Waals surface area contributed by atoms with Gasteiger partial charge in [0.25, 0.3) is 0 Å². The van der Waals surface area contributed by atoms with Gasteiger partial charge >= 0.3 is 0 Å². The first-order valence-corrected chi connectivity index (χ1v) is 6.91. The zero-order chi connectivity index (χ0) is 11.0. The second-order valence-corrected chi connectivity index (χ2v) is 5.93. The van der Waals surface area contributed by atoms with Crippen molar-refractivity contribution in [1.82, 2.24) is 4.90 Å². The normalized spacial score (nSPS) is 39.6. The van der Waals surface area contributed by atoms with Crippen molar-refractivity contribution in [2.75, 3.05) is 19.7 Å². The number of likely N-dealkylation sites (tertiary alicyclic amines) is 1. The van der Waals surface area contributed by atoms with E-state index in [4.69, 9.17) is 10.5 Å². The standard InChI is InChI=1S/C13H24N2O/c14-11-3-1-7-15(10-11)12-4-8-16-13(9-12)5-2-6-13/h11-12H,1-10,14H2. The van der Waals surface area contributed by atoms with E-state index in [0.717, 1.165) is 19.2 Å². The van der Waals surface area contributed by atoms with Crippen molar-refractivity contribution in [2.24, 2.45) is 5.73 Å². The minimum atomic E-state index is 0.282. The first kappa shape index (κ1) is 11.0. The fourth-order valence-corrected chi connectivity index (χ4v) is 3.61. The van der Waals surface area contributed by atoms with Crippen LogP contribution in [-0.4, -0.2) is 42.3 Å². The molecule has 3 aliphatic rings. The van der Waals surface area contributed by atoms with Gasteiger partial charge in [0.15, 0.2) is 0 Å². The summed E-state index contributed by atoms with van der Waals surface area (Å²) >= 11 is 0. The highest BCUT2D eigenvalue weighted by Crippen LogP contribution is 2.43. The van der Waals surface area contributed by atoms with Crippen LogP contribution in [0.4, 0.5) is 0 Å². The molecule has 2 saturated heterocycles. The highest BCUT2D eigenvalue weighted by Gasteiger charge is 2.44. The molecule has 16 heavy (non-hydrogen) atoms. The molecule has 0 bridgehead atoms. The number of rotatable bonds is 1. The fourth-order valence-electron chi connectivity index (χ4n) is 3.61. The summed E-state index contributed by atoms with van der Waals surface area (Å²) in [5, 5.41) is 0. The molecule has 0 aromatic carbocycles. The number of piperidine rings is 1. The van der Waals surface area contributed by atoms with E-state index in [9.17, 15) is 0 Å². The van der Waals surface area contributed by atoms with Crippen molar-refractivity contribution in [3.8, 4) is 0 Å². The Hall–Kier alpha value is -0.120. The molecular weight excluding hydrogens is 200 g/mol. The molecule has 2 heterocycles. The molecule has 1 aliphatic carbocycles. The maximum absolute atomic E-state index is 6.07. The van der Waals surface area contributed by atoms with Crippen LogP contribution in [-0.2, 0) is 4.74 Å². The molecule has 2 N–H and O–H groups in total. The molecule has 1 saturated carbocycles. The molecule has 0 aromatic heterocycles. The van der Waals surface area contributed by atoms with Crippen molar-refractivity contribution in [2.45, 2.75) is 62.6 Å². The summed E-state index contributed by atoms with van der Waals surface area (Å²) in [4.78, 5) is 2.64. The number of hydrogen-bond donors (Lipinski definition) is 1. The summed E-state index contributed by atoms with van der Waals surface area (Å²) < 4.78 is 5.99. The van der Waals surface area contributed by atoms with E-state index in [2.05, 4.69) is 4.90 Å². The lowest BCUT2D eigenvalue weighted by molar-refractivity contribution is -0.150. The minimum Gasteiger partial charge on any atom is -0.375 e. The Morgan fingerprint density at radius 2 is 2.06 bits per heavy atom. The van der Waals surface area contributed by atoms with Crippen LogP contribution in [0.2, 0.25) is 0 Å². The predicted octanol–water partition coefficient (Wildman–Crippen LogP) is 1.51. The van der Waals surface area contributed by atoms with Gasteiger partial charge in [0, 0.05) is 25.2 Å². The van der Waals surface area contributed by atoms with Crippen LogP contribution in [0, 0.1) is 0 Å². The van der Waals surface area contributed by atoms with Crippen LogP contribution in [0.1, 0.15) is 44.9 Å². The third-order valence-electron chi connectivity index (χ3n) is 4.74. The van der Waals surface area contributed by atoms with Crippen LogP contribution in [0.3, 0.4) is 0 Å². The molecule has 0 radical (unpaired) electrons. The van der Waals surface area contributed by atoms with Crippen LogP contribution in [0.25, 0.3) is 0 Å². The predicted molar refractivity (Wildman–Crippen MR) is 64.3 cm³/mol. The Morgan fingerprint density at radius 3 is 2.75 bits per heavy atom. The first-order chi connectivity index (χ1) is 7.77. The quantitative estimate of drug-likeness (QED) is 0.734. The molecule has 2 unspecified atom stereocenters. The average molecular weight is 224 g/mol. The van der Waals surface area contributed by atoms with E-state index in [1.54, 1.807) is 0 Å². The Kier molecular flexibility index (Phi) is 2.94. The summed E-state index contributed by atoms with van der Waals surface area (Å²) in [6.45, 7) is 3.34. The summed E-state index contributed by atoms with van der Waals surface area (Å²) in [5.41, 5.74) is 6.36. The van der Waals surface area contributed by atoms with Crippen LogP contribution in [0.15, 0.2) is 0 Å². The van der Waals surface area contributed by atoms with E-state index in [1.807, 2.05) is 0 Å². The molecule has 0 amide bonds. The maximum Gasteiger partial charge on any atom is 0.0697 e. The molecular formula is C13H24N2O. The topological polar surface area (TPSA) is 38.5 Å². The lowest BCUT2D eigenvalue weighted by Gasteiger charge is -2.50. The van der Waals surface area contributed by atoms with Gasteiger partial charge in [0.1, 0.15) is 0 Å². The number of nitrogens with two attached hydrogens (primary N) is 1. The van der Waals surface area contributed by atoms with Crippen molar-refractivity contribution in [1.29, 1.82) is 0 Å². The third kappa shape index (κ3) is 2.01. The highest BCUT2D eigenvalue weighted by molar-refractivity contribution is 4.97. The molecule has 2 atom stereocenters. The molecule has 0 aromatic rings. The molecule has 3 heteroatoms. The van der Waals surface area contributed by atoms with Crippen LogP contribution < -0.4 is 5.73 Å². The van der Waals surface area contributed by atoms with Gasteiger partial charge in [-0.25, -0.2) is 0 Å². The largest absolute Gasteiger partial charge is 0.375 e. The van der Waals surface area contributed by atoms with Gasteiger partial charge < -0.3 is 10.5 Å². The molecule has 92 valence electrons. The van der Waals surface area contributed by atoms with E-state index >= 15 is 0 Å². The van der Waals surface area contributed by atoms with Gasteiger partial charge in [-0.2, -0.15) is 0 Å². The zero-order valence-electron chi connectivity index (χ0n) is 10.2. The van der Waals surface area contributed by atoms with Crippen LogP contribution in [0.5, 0.6) is 0 Å². The smallest absolute Gasteiger partial charge is 0.0697 e. The second-order valence-electron chi connectivity index (χ2n) is 5.93. The number of ether oxygens (including phenoxy) is 1. The van der Waals surface area contributed by atoms with Gasteiger partial charge in [0.05, 0.1) is 5.60 Å². The summed E-state index contributed by atoms with van der Waals surface area (Å²) in [6, 6.07) is 1.16. The van der Waals surface area contributed by atoms with E-state index in [-0.39, 0.29) is 5.60 Å². The van der Waals surface area contributed by atoms with Gasteiger partial charge in [-0.05, 0) is 51.5 Å². The lowest BCUT2D eigenvalue weighted by atomic mass is 9.73. The van der Waals surface area contributed by atoms with Gasteiger partial charge in [-0.15, -0.1) is 0 Å².